The number of carbonyl (C=O) groups is 1. The van der Waals surface area contributed by atoms with Crippen molar-refractivity contribution in [2.75, 3.05) is 31.7 Å². The molecule has 1 rings (SSSR count). The SMILES string of the molecule is CCC(CO)(CO)NC(=O)CN(C)c1ccc(Cl)cn1. The van der Waals surface area contributed by atoms with Gasteiger partial charge in [0.05, 0.1) is 30.3 Å². The second kappa shape index (κ2) is 7.42. The number of aromatic nitrogens is 1. The van der Waals surface area contributed by atoms with Crippen LogP contribution in [0.1, 0.15) is 13.3 Å². The van der Waals surface area contributed by atoms with E-state index < -0.39 is 5.54 Å². The quantitative estimate of drug-likeness (QED) is 0.680. The molecule has 0 unspecified atom stereocenters. The number of hydrogen-bond donors (Lipinski definition) is 3. The van der Waals surface area contributed by atoms with Gasteiger partial charge >= 0.3 is 0 Å². The van der Waals surface area contributed by atoms with Gasteiger partial charge in [-0.2, -0.15) is 0 Å². The number of halogens is 1. The second-order valence-electron chi connectivity index (χ2n) is 4.69. The monoisotopic (exact) mass is 301 g/mol. The van der Waals surface area contributed by atoms with Crippen molar-refractivity contribution < 1.29 is 15.0 Å². The highest BCUT2D eigenvalue weighted by atomic mass is 35.5. The van der Waals surface area contributed by atoms with Crippen molar-refractivity contribution in [1.82, 2.24) is 10.3 Å². The molecule has 0 spiro atoms. The third-order valence-corrected chi connectivity index (χ3v) is 3.39. The predicted octanol–water partition coefficient (Wildman–Crippen LogP) is 0.421. The van der Waals surface area contributed by atoms with Gasteiger partial charge in [-0.3, -0.25) is 4.79 Å². The minimum absolute atomic E-state index is 0.0659. The summed E-state index contributed by atoms with van der Waals surface area (Å²) in [7, 11) is 1.72. The maximum absolute atomic E-state index is 12.0. The van der Waals surface area contributed by atoms with Crippen LogP contribution < -0.4 is 10.2 Å². The van der Waals surface area contributed by atoms with Crippen LogP contribution in [0.15, 0.2) is 18.3 Å². The number of aliphatic hydroxyl groups is 2. The third kappa shape index (κ3) is 4.33. The van der Waals surface area contributed by atoms with Gasteiger partial charge in [0.15, 0.2) is 0 Å². The summed E-state index contributed by atoms with van der Waals surface area (Å²) >= 11 is 5.75. The number of nitrogens with one attached hydrogen (secondary N) is 1. The fourth-order valence-electron chi connectivity index (χ4n) is 1.67. The van der Waals surface area contributed by atoms with Crippen LogP contribution in [0.25, 0.3) is 0 Å². The van der Waals surface area contributed by atoms with E-state index in [0.29, 0.717) is 17.3 Å². The fourth-order valence-corrected chi connectivity index (χ4v) is 1.78. The average molecular weight is 302 g/mol. The van der Waals surface area contributed by atoms with Crippen molar-refractivity contribution in [2.45, 2.75) is 18.9 Å². The molecule has 112 valence electrons. The second-order valence-corrected chi connectivity index (χ2v) is 5.13. The number of pyridine rings is 1. The lowest BCUT2D eigenvalue weighted by molar-refractivity contribution is -0.123. The lowest BCUT2D eigenvalue weighted by Gasteiger charge is -2.30. The molecule has 3 N–H and O–H groups in total. The van der Waals surface area contributed by atoms with Crippen molar-refractivity contribution in [3.05, 3.63) is 23.4 Å². The molecule has 0 bridgehead atoms. The van der Waals surface area contributed by atoms with E-state index in [0.717, 1.165) is 0 Å². The predicted molar refractivity (Wildman–Crippen MR) is 77.9 cm³/mol. The molecular weight excluding hydrogens is 282 g/mol. The Morgan fingerprint density at radius 1 is 1.45 bits per heavy atom. The molecule has 0 aliphatic heterocycles. The van der Waals surface area contributed by atoms with Gasteiger partial charge in [-0.15, -0.1) is 0 Å². The van der Waals surface area contributed by atoms with E-state index in [4.69, 9.17) is 11.6 Å². The zero-order valence-electron chi connectivity index (χ0n) is 11.6. The van der Waals surface area contributed by atoms with Crippen molar-refractivity contribution in [3.8, 4) is 0 Å². The normalized spacial score (nSPS) is 11.2. The Hall–Kier alpha value is -1.37. The van der Waals surface area contributed by atoms with E-state index in [9.17, 15) is 15.0 Å². The maximum Gasteiger partial charge on any atom is 0.240 e. The Bertz CT molecular complexity index is 427. The number of nitrogens with zero attached hydrogens (tertiary/aromatic N) is 2. The Morgan fingerprint density at radius 2 is 2.10 bits per heavy atom. The van der Waals surface area contributed by atoms with Crippen molar-refractivity contribution >= 4 is 23.3 Å². The first-order chi connectivity index (χ1) is 9.46. The van der Waals surface area contributed by atoms with E-state index in [-0.39, 0.29) is 25.7 Å². The third-order valence-electron chi connectivity index (χ3n) is 3.17. The number of rotatable bonds is 7. The van der Waals surface area contributed by atoms with Crippen molar-refractivity contribution in [3.63, 3.8) is 0 Å². The summed E-state index contributed by atoms with van der Waals surface area (Å²) in [4.78, 5) is 17.7. The van der Waals surface area contributed by atoms with Crippen LogP contribution >= 0.6 is 11.6 Å². The van der Waals surface area contributed by atoms with Crippen LogP contribution in [0.4, 0.5) is 5.82 Å². The van der Waals surface area contributed by atoms with Crippen molar-refractivity contribution in [2.24, 2.45) is 0 Å². The van der Waals surface area contributed by atoms with E-state index in [2.05, 4.69) is 10.3 Å². The highest BCUT2D eigenvalue weighted by molar-refractivity contribution is 6.30. The van der Waals surface area contributed by atoms with Gasteiger partial charge in [-0.25, -0.2) is 4.98 Å². The number of amides is 1. The highest BCUT2D eigenvalue weighted by Crippen LogP contribution is 2.13. The van der Waals surface area contributed by atoms with E-state index in [1.54, 1.807) is 31.0 Å². The van der Waals surface area contributed by atoms with Crippen LogP contribution in [0.2, 0.25) is 5.02 Å². The molecule has 1 amide bonds. The molecule has 0 saturated carbocycles. The molecule has 1 heterocycles. The Morgan fingerprint density at radius 3 is 2.55 bits per heavy atom. The van der Waals surface area contributed by atoms with E-state index >= 15 is 0 Å². The molecule has 0 aliphatic rings. The minimum Gasteiger partial charge on any atom is -0.394 e. The van der Waals surface area contributed by atoms with Crippen LogP contribution in [0.5, 0.6) is 0 Å². The minimum atomic E-state index is -0.981. The lowest BCUT2D eigenvalue weighted by atomic mass is 9.98. The number of hydrogen-bond acceptors (Lipinski definition) is 5. The fraction of sp³-hybridized carbons (Fsp3) is 0.538. The van der Waals surface area contributed by atoms with Crippen LogP contribution in [0.3, 0.4) is 0 Å². The van der Waals surface area contributed by atoms with Gasteiger partial charge in [-0.1, -0.05) is 18.5 Å². The van der Waals surface area contributed by atoms with Crippen LogP contribution in [-0.4, -0.2) is 53.4 Å². The van der Waals surface area contributed by atoms with Gasteiger partial charge in [0, 0.05) is 13.2 Å². The van der Waals surface area contributed by atoms with E-state index in [1.165, 1.54) is 6.20 Å². The van der Waals surface area contributed by atoms with E-state index in [1.807, 2.05) is 0 Å². The molecule has 0 aromatic carbocycles. The molecule has 0 atom stereocenters. The Labute approximate surface area is 123 Å². The largest absolute Gasteiger partial charge is 0.394 e. The van der Waals surface area contributed by atoms with Gasteiger partial charge < -0.3 is 20.4 Å². The van der Waals surface area contributed by atoms with Crippen LogP contribution in [0, 0.1) is 0 Å². The maximum atomic E-state index is 12.0. The smallest absolute Gasteiger partial charge is 0.240 e. The number of likely N-dealkylation sites (N-methyl/N-ethyl adjacent to an activating group) is 1. The molecule has 20 heavy (non-hydrogen) atoms. The molecule has 1 aromatic rings. The summed E-state index contributed by atoms with van der Waals surface area (Å²) in [6.07, 6.45) is 1.94. The summed E-state index contributed by atoms with van der Waals surface area (Å²) in [6.45, 7) is 1.23. The molecule has 0 saturated heterocycles. The van der Waals surface area contributed by atoms with Crippen molar-refractivity contribution in [1.29, 1.82) is 0 Å². The number of aliphatic hydroxyl groups excluding tert-OH is 2. The van der Waals surface area contributed by atoms with Gasteiger partial charge in [0.2, 0.25) is 5.91 Å². The standard InChI is InChI=1S/C13H20ClN3O3/c1-3-13(8-18,9-19)16-12(20)7-17(2)11-5-4-10(14)6-15-11/h4-6,18-19H,3,7-9H2,1-2H3,(H,16,20). The Kier molecular flexibility index (Phi) is 6.19. The average Bonchev–Trinajstić information content (AvgIpc) is 2.45. The zero-order chi connectivity index (χ0) is 15.2. The molecule has 0 aliphatic carbocycles. The molecule has 0 fully saturated rings. The first-order valence-electron chi connectivity index (χ1n) is 6.32. The summed E-state index contributed by atoms with van der Waals surface area (Å²) in [6, 6.07) is 3.40. The highest BCUT2D eigenvalue weighted by Gasteiger charge is 2.28. The van der Waals surface area contributed by atoms with Gasteiger partial charge in [0.1, 0.15) is 5.82 Å². The zero-order valence-corrected chi connectivity index (χ0v) is 12.4. The Balaban J connectivity index is 2.63. The first-order valence-corrected chi connectivity index (χ1v) is 6.69. The first kappa shape index (κ1) is 16.7. The topological polar surface area (TPSA) is 85.7 Å². The molecule has 1 aromatic heterocycles. The molecular formula is C13H20ClN3O3. The summed E-state index contributed by atoms with van der Waals surface area (Å²) in [5.74, 6) is 0.314. The summed E-state index contributed by atoms with van der Waals surface area (Å²) in [5, 5.41) is 21.8. The van der Waals surface area contributed by atoms with Gasteiger partial charge in [-0.05, 0) is 18.6 Å². The van der Waals surface area contributed by atoms with Crippen LogP contribution in [-0.2, 0) is 4.79 Å². The summed E-state index contributed by atoms with van der Waals surface area (Å²) < 4.78 is 0. The lowest BCUT2D eigenvalue weighted by Crippen LogP contribution is -2.55. The molecule has 7 heteroatoms. The molecule has 6 nitrogen and oxygen atoms in total. The molecule has 0 radical (unpaired) electrons. The number of anilines is 1. The number of carbonyl (C=O) groups excluding carboxylic acids is 1. The summed E-state index contributed by atoms with van der Waals surface area (Å²) in [5.41, 5.74) is -0.981. The van der Waals surface area contributed by atoms with Gasteiger partial charge in [0.25, 0.3) is 0 Å².